The molecular formula is C19H24N2O5. The van der Waals surface area contributed by atoms with E-state index in [0.717, 1.165) is 32.4 Å². The predicted molar refractivity (Wildman–Crippen MR) is 96.9 cm³/mol. The minimum absolute atomic E-state index is 0.113. The van der Waals surface area contributed by atoms with Crippen LogP contribution in [0.2, 0.25) is 0 Å². The summed E-state index contributed by atoms with van der Waals surface area (Å²) in [5, 5.41) is 13.9. The Labute approximate surface area is 152 Å². The molecule has 1 aliphatic rings. The van der Waals surface area contributed by atoms with Gasteiger partial charge in [0.25, 0.3) is 0 Å². The van der Waals surface area contributed by atoms with Gasteiger partial charge in [0.1, 0.15) is 5.75 Å². The summed E-state index contributed by atoms with van der Waals surface area (Å²) in [6.45, 7) is 2.25. The van der Waals surface area contributed by atoms with E-state index in [0.29, 0.717) is 29.7 Å². The van der Waals surface area contributed by atoms with Crippen LogP contribution in [-0.2, 0) is 4.74 Å². The van der Waals surface area contributed by atoms with E-state index in [1.54, 1.807) is 38.5 Å². The van der Waals surface area contributed by atoms with E-state index in [9.17, 15) is 9.90 Å². The lowest BCUT2D eigenvalue weighted by Gasteiger charge is -2.32. The Bertz CT molecular complexity index is 741. The maximum Gasteiger partial charge on any atom is 0.343 e. The Morgan fingerprint density at radius 2 is 2.12 bits per heavy atom. The molecule has 26 heavy (non-hydrogen) atoms. The number of benzene rings is 1. The molecule has 1 unspecified atom stereocenters. The lowest BCUT2D eigenvalue weighted by atomic mass is 9.95. The summed E-state index contributed by atoms with van der Waals surface area (Å²) in [7, 11) is 3.28. The molecule has 0 aliphatic carbocycles. The molecule has 1 fully saturated rings. The summed E-state index contributed by atoms with van der Waals surface area (Å²) < 4.78 is 15.8. The van der Waals surface area contributed by atoms with Crippen LogP contribution in [0.5, 0.6) is 5.75 Å². The predicted octanol–water partition coefficient (Wildman–Crippen LogP) is 3.30. The van der Waals surface area contributed by atoms with Gasteiger partial charge in [0.15, 0.2) is 17.1 Å². The van der Waals surface area contributed by atoms with Gasteiger partial charge in [0, 0.05) is 32.4 Å². The monoisotopic (exact) mass is 360 g/mol. The standard InChI is InChI=1S/C19H24N2O5/c1-24-11-9-13-4-3-10-21(12-13)18-16(19(22)23)17(26-20-18)14-5-7-15(25-2)8-6-14/h5-8,13H,3-4,9-12H2,1-2H3,(H,22,23). The van der Waals surface area contributed by atoms with E-state index in [1.807, 2.05) is 4.90 Å². The molecule has 7 nitrogen and oxygen atoms in total. The molecule has 0 saturated carbocycles. The van der Waals surface area contributed by atoms with E-state index in [-0.39, 0.29) is 11.3 Å². The van der Waals surface area contributed by atoms with Gasteiger partial charge < -0.3 is 24.0 Å². The van der Waals surface area contributed by atoms with E-state index < -0.39 is 5.97 Å². The molecule has 140 valence electrons. The third kappa shape index (κ3) is 3.83. The number of piperidine rings is 1. The molecule has 1 atom stereocenters. The minimum Gasteiger partial charge on any atom is -0.497 e. The number of methoxy groups -OCH3 is 2. The molecule has 0 bridgehead atoms. The SMILES string of the molecule is COCCC1CCCN(c2noc(-c3ccc(OC)cc3)c2C(=O)O)C1. The quantitative estimate of drug-likeness (QED) is 0.811. The summed E-state index contributed by atoms with van der Waals surface area (Å²) in [5.74, 6) is 0.805. The fraction of sp³-hybridized carbons (Fsp3) is 0.474. The number of nitrogens with zero attached hydrogens (tertiary/aromatic N) is 2. The van der Waals surface area contributed by atoms with Crippen molar-refractivity contribution in [2.75, 3.05) is 38.8 Å². The van der Waals surface area contributed by atoms with Gasteiger partial charge in [-0.3, -0.25) is 0 Å². The lowest BCUT2D eigenvalue weighted by Crippen LogP contribution is -2.36. The first-order chi connectivity index (χ1) is 12.6. The second-order valence-corrected chi connectivity index (χ2v) is 6.48. The van der Waals surface area contributed by atoms with Crippen molar-refractivity contribution in [3.63, 3.8) is 0 Å². The topological polar surface area (TPSA) is 85.0 Å². The van der Waals surface area contributed by atoms with Crippen LogP contribution in [0.1, 0.15) is 29.6 Å². The Balaban J connectivity index is 1.88. The third-order valence-corrected chi connectivity index (χ3v) is 4.79. The second kappa shape index (κ2) is 8.23. The first-order valence-corrected chi connectivity index (χ1v) is 8.75. The molecule has 1 aliphatic heterocycles. The number of aromatic carboxylic acids is 1. The number of aromatic nitrogens is 1. The number of carboxylic acid groups (broad SMARTS) is 1. The lowest BCUT2D eigenvalue weighted by molar-refractivity contribution is 0.0697. The van der Waals surface area contributed by atoms with Crippen molar-refractivity contribution in [1.82, 2.24) is 5.16 Å². The number of carboxylic acids is 1. The van der Waals surface area contributed by atoms with Crippen LogP contribution in [0.25, 0.3) is 11.3 Å². The first-order valence-electron chi connectivity index (χ1n) is 8.75. The molecule has 2 aromatic rings. The molecule has 7 heteroatoms. The van der Waals surface area contributed by atoms with Crippen LogP contribution < -0.4 is 9.64 Å². The number of anilines is 1. The highest BCUT2D eigenvalue weighted by atomic mass is 16.5. The van der Waals surface area contributed by atoms with Gasteiger partial charge in [-0.1, -0.05) is 5.16 Å². The minimum atomic E-state index is -1.04. The van der Waals surface area contributed by atoms with Gasteiger partial charge in [-0.25, -0.2) is 4.79 Å². The van der Waals surface area contributed by atoms with Crippen LogP contribution in [0.15, 0.2) is 28.8 Å². The van der Waals surface area contributed by atoms with E-state index in [1.165, 1.54) is 0 Å². The molecule has 1 saturated heterocycles. The maximum atomic E-state index is 11.9. The summed E-state index contributed by atoms with van der Waals surface area (Å²) >= 11 is 0. The van der Waals surface area contributed by atoms with Crippen molar-refractivity contribution in [2.24, 2.45) is 5.92 Å². The second-order valence-electron chi connectivity index (χ2n) is 6.48. The van der Waals surface area contributed by atoms with Crippen molar-refractivity contribution in [2.45, 2.75) is 19.3 Å². The zero-order valence-corrected chi connectivity index (χ0v) is 15.1. The van der Waals surface area contributed by atoms with Gasteiger partial charge in [-0.2, -0.15) is 0 Å². The molecule has 1 aromatic heterocycles. The zero-order valence-electron chi connectivity index (χ0n) is 15.1. The Morgan fingerprint density at radius 3 is 2.77 bits per heavy atom. The fourth-order valence-corrected chi connectivity index (χ4v) is 3.41. The van der Waals surface area contributed by atoms with Gasteiger partial charge in [0.2, 0.25) is 0 Å². The summed E-state index contributed by atoms with van der Waals surface area (Å²) in [6, 6.07) is 7.08. The third-order valence-electron chi connectivity index (χ3n) is 4.79. The summed E-state index contributed by atoms with van der Waals surface area (Å²) in [5.41, 5.74) is 0.775. The average Bonchev–Trinajstić information content (AvgIpc) is 3.12. The summed E-state index contributed by atoms with van der Waals surface area (Å²) in [6.07, 6.45) is 3.07. The van der Waals surface area contributed by atoms with Gasteiger partial charge >= 0.3 is 5.97 Å². The molecule has 2 heterocycles. The van der Waals surface area contributed by atoms with Crippen molar-refractivity contribution < 1.29 is 23.9 Å². The van der Waals surface area contributed by atoms with Gasteiger partial charge in [-0.15, -0.1) is 0 Å². The highest BCUT2D eigenvalue weighted by Crippen LogP contribution is 2.34. The maximum absolute atomic E-state index is 11.9. The van der Waals surface area contributed by atoms with E-state index in [4.69, 9.17) is 14.0 Å². The zero-order chi connectivity index (χ0) is 18.5. The number of hydrogen-bond acceptors (Lipinski definition) is 6. The first kappa shape index (κ1) is 18.3. The Kier molecular flexibility index (Phi) is 5.78. The Hall–Kier alpha value is -2.54. The van der Waals surface area contributed by atoms with Crippen molar-refractivity contribution in [1.29, 1.82) is 0 Å². The van der Waals surface area contributed by atoms with Crippen LogP contribution in [-0.4, -0.2) is 50.1 Å². The fourth-order valence-electron chi connectivity index (χ4n) is 3.41. The van der Waals surface area contributed by atoms with Crippen molar-refractivity contribution in [3.05, 3.63) is 29.8 Å². The largest absolute Gasteiger partial charge is 0.497 e. The van der Waals surface area contributed by atoms with Crippen LogP contribution in [0.4, 0.5) is 5.82 Å². The van der Waals surface area contributed by atoms with Crippen LogP contribution in [0.3, 0.4) is 0 Å². The molecule has 3 rings (SSSR count). The van der Waals surface area contributed by atoms with Crippen molar-refractivity contribution in [3.8, 4) is 17.1 Å². The van der Waals surface area contributed by atoms with Gasteiger partial charge in [-0.05, 0) is 49.4 Å². The molecule has 1 N–H and O–H groups in total. The average molecular weight is 360 g/mol. The molecule has 0 radical (unpaired) electrons. The number of hydrogen-bond donors (Lipinski definition) is 1. The highest BCUT2D eigenvalue weighted by molar-refractivity contribution is 5.99. The van der Waals surface area contributed by atoms with Crippen molar-refractivity contribution >= 4 is 11.8 Å². The smallest absolute Gasteiger partial charge is 0.343 e. The van der Waals surface area contributed by atoms with E-state index in [2.05, 4.69) is 5.16 Å². The number of rotatable bonds is 7. The normalized spacial score (nSPS) is 17.3. The molecular weight excluding hydrogens is 336 g/mol. The van der Waals surface area contributed by atoms with Crippen LogP contribution in [0, 0.1) is 5.92 Å². The molecule has 0 amide bonds. The summed E-state index contributed by atoms with van der Waals surface area (Å²) in [4.78, 5) is 13.9. The van der Waals surface area contributed by atoms with Gasteiger partial charge in [0.05, 0.1) is 7.11 Å². The van der Waals surface area contributed by atoms with Crippen LogP contribution >= 0.6 is 0 Å². The number of carbonyl (C=O) groups is 1. The Morgan fingerprint density at radius 1 is 1.35 bits per heavy atom. The number of ether oxygens (including phenoxy) is 2. The molecule has 0 spiro atoms. The van der Waals surface area contributed by atoms with E-state index >= 15 is 0 Å². The molecule has 1 aromatic carbocycles. The highest BCUT2D eigenvalue weighted by Gasteiger charge is 2.30.